The number of azo groups is 1. The molecule has 2 aromatic heterocycles. The summed E-state index contributed by atoms with van der Waals surface area (Å²) in [7, 11) is 1.62. The second kappa shape index (κ2) is 9.82. The molecule has 3 aromatic carbocycles. The maximum absolute atomic E-state index is 12.5. The van der Waals surface area contributed by atoms with Crippen molar-refractivity contribution in [2.75, 3.05) is 12.9 Å². The van der Waals surface area contributed by atoms with E-state index in [2.05, 4.69) is 25.4 Å². The molecule has 5 aromatic rings. The van der Waals surface area contributed by atoms with E-state index in [1.54, 1.807) is 13.2 Å². The second-order valence-corrected chi connectivity index (χ2v) is 8.40. The van der Waals surface area contributed by atoms with Crippen molar-refractivity contribution in [3.63, 3.8) is 0 Å². The molecule has 35 heavy (non-hydrogen) atoms. The topological polar surface area (TPSA) is 118 Å². The molecule has 2 heterocycles. The molecule has 0 aliphatic heterocycles. The fourth-order valence-corrected chi connectivity index (χ4v) is 4.31. The van der Waals surface area contributed by atoms with Crippen LogP contribution in [0.1, 0.15) is 0 Å². The van der Waals surface area contributed by atoms with Gasteiger partial charge in [-0.3, -0.25) is 9.36 Å². The number of rotatable bonds is 7. The number of hydrogen-bond acceptors (Lipinski definition) is 7. The van der Waals surface area contributed by atoms with Crippen molar-refractivity contribution < 1.29 is 14.6 Å². The van der Waals surface area contributed by atoms with Crippen LogP contribution in [-0.2, 0) is 4.79 Å². The van der Waals surface area contributed by atoms with Crippen LogP contribution in [0.4, 0.5) is 5.69 Å². The minimum absolute atomic E-state index is 0.000195. The summed E-state index contributed by atoms with van der Waals surface area (Å²) in [5, 5.41) is 27.8. The van der Waals surface area contributed by atoms with E-state index in [0.29, 0.717) is 21.9 Å². The number of ether oxygens (including phenoxy) is 1. The van der Waals surface area contributed by atoms with Gasteiger partial charge in [0.25, 0.3) is 5.91 Å². The summed E-state index contributed by atoms with van der Waals surface area (Å²) >= 11 is 1.21. The van der Waals surface area contributed by atoms with Gasteiger partial charge in [-0.2, -0.15) is 0 Å². The molecule has 0 aliphatic carbocycles. The normalized spacial score (nSPS) is 11.3. The lowest BCUT2D eigenvalue weighted by Gasteiger charge is -2.10. The fraction of sp³-hybridized carbons (Fsp3) is 0.0800. The van der Waals surface area contributed by atoms with Crippen LogP contribution in [0.3, 0.4) is 0 Å². The Balaban J connectivity index is 1.39. The van der Waals surface area contributed by atoms with Gasteiger partial charge in [0, 0.05) is 16.6 Å². The molecule has 0 saturated heterocycles. The van der Waals surface area contributed by atoms with Crippen molar-refractivity contribution in [3.8, 4) is 28.7 Å². The Kier molecular flexibility index (Phi) is 6.27. The van der Waals surface area contributed by atoms with Crippen molar-refractivity contribution in [1.82, 2.24) is 19.7 Å². The highest BCUT2D eigenvalue weighted by atomic mass is 32.2. The lowest BCUT2D eigenvalue weighted by atomic mass is 10.2. The van der Waals surface area contributed by atoms with E-state index in [0.717, 1.165) is 17.0 Å². The van der Waals surface area contributed by atoms with E-state index in [9.17, 15) is 9.90 Å². The lowest BCUT2D eigenvalue weighted by Crippen LogP contribution is -2.02. The third-order valence-corrected chi connectivity index (χ3v) is 6.16. The van der Waals surface area contributed by atoms with Gasteiger partial charge in [-0.25, -0.2) is 0 Å². The van der Waals surface area contributed by atoms with Gasteiger partial charge in [0.1, 0.15) is 5.75 Å². The molecule has 0 aliphatic rings. The second-order valence-electron chi connectivity index (χ2n) is 7.46. The molecule has 5 rings (SSSR count). The molecule has 0 saturated carbocycles. The van der Waals surface area contributed by atoms with Gasteiger partial charge in [0.05, 0.1) is 18.4 Å². The monoisotopic (exact) mass is 484 g/mol. The standard InChI is InChI=1S/C25H20N6O3S/c1-34-18-13-11-16(12-14-18)23-29-30-25(31(23)17-7-3-2-4-8-17)35-15-21(32)27-28-22-19-9-5-6-10-20(19)26-24(22)33/h2-14,26,33H,15H2,1H3. The van der Waals surface area contributed by atoms with Crippen molar-refractivity contribution in [2.24, 2.45) is 10.2 Å². The first kappa shape index (κ1) is 22.4. The number of para-hydroxylation sites is 2. The molecule has 0 radical (unpaired) electrons. The zero-order valence-corrected chi connectivity index (χ0v) is 19.4. The summed E-state index contributed by atoms with van der Waals surface area (Å²) in [6, 6.07) is 24.5. The first-order chi connectivity index (χ1) is 17.1. The summed E-state index contributed by atoms with van der Waals surface area (Å²) in [6.45, 7) is 0. The quantitative estimate of drug-likeness (QED) is 0.232. The van der Waals surface area contributed by atoms with Crippen LogP contribution in [0.5, 0.6) is 11.6 Å². The predicted molar refractivity (Wildman–Crippen MR) is 134 cm³/mol. The number of methoxy groups -OCH3 is 1. The summed E-state index contributed by atoms with van der Waals surface area (Å²) in [5.74, 6) is 0.780. The number of aromatic amines is 1. The van der Waals surface area contributed by atoms with Crippen molar-refractivity contribution in [3.05, 3.63) is 78.9 Å². The summed E-state index contributed by atoms with van der Waals surface area (Å²) < 4.78 is 7.14. The molecule has 0 unspecified atom stereocenters. The van der Waals surface area contributed by atoms with Crippen molar-refractivity contribution in [1.29, 1.82) is 0 Å². The Labute approximate surface area is 204 Å². The number of aromatic hydroxyl groups is 1. The lowest BCUT2D eigenvalue weighted by molar-refractivity contribution is -0.115. The highest BCUT2D eigenvalue weighted by molar-refractivity contribution is 7.99. The molecule has 0 fully saturated rings. The largest absolute Gasteiger partial charge is 0.497 e. The molecule has 0 spiro atoms. The van der Waals surface area contributed by atoms with Crippen LogP contribution in [0.2, 0.25) is 0 Å². The van der Waals surface area contributed by atoms with Gasteiger partial charge in [-0.05, 0) is 42.5 Å². The van der Waals surface area contributed by atoms with Crippen molar-refractivity contribution in [2.45, 2.75) is 5.16 Å². The summed E-state index contributed by atoms with van der Waals surface area (Å²) in [6.07, 6.45) is 0. The average molecular weight is 485 g/mol. The molecule has 174 valence electrons. The molecular formula is C25H20N6O3S. The third kappa shape index (κ3) is 4.64. The van der Waals surface area contributed by atoms with Gasteiger partial charge in [-0.15, -0.1) is 20.4 Å². The van der Waals surface area contributed by atoms with E-state index in [1.165, 1.54) is 11.8 Å². The average Bonchev–Trinajstić information content (AvgIpc) is 3.47. The van der Waals surface area contributed by atoms with Gasteiger partial charge in [0.15, 0.2) is 16.7 Å². The highest BCUT2D eigenvalue weighted by Gasteiger charge is 2.18. The smallest absolute Gasteiger partial charge is 0.275 e. The SMILES string of the molecule is COc1ccc(-c2nnc(SCC(=O)N=Nc3c(O)[nH]c4ccccc34)n2-c2ccccc2)cc1. The Morgan fingerprint density at radius 3 is 2.54 bits per heavy atom. The Hall–Kier alpha value is -4.44. The number of nitrogens with zero attached hydrogens (tertiary/aromatic N) is 5. The van der Waals surface area contributed by atoms with E-state index >= 15 is 0 Å². The van der Waals surface area contributed by atoms with Gasteiger partial charge >= 0.3 is 0 Å². The number of amides is 1. The van der Waals surface area contributed by atoms with Crippen LogP contribution in [0.25, 0.3) is 28.0 Å². The van der Waals surface area contributed by atoms with Crippen LogP contribution in [0, 0.1) is 0 Å². The Bertz CT molecular complexity index is 1510. The minimum atomic E-state index is -0.465. The number of hydrogen-bond donors (Lipinski definition) is 2. The number of carbonyl (C=O) groups is 1. The fourth-order valence-electron chi connectivity index (χ4n) is 3.58. The molecule has 10 heteroatoms. The van der Waals surface area contributed by atoms with E-state index in [1.807, 2.05) is 77.4 Å². The minimum Gasteiger partial charge on any atom is -0.497 e. The predicted octanol–water partition coefficient (Wildman–Crippen LogP) is 5.53. The zero-order valence-electron chi connectivity index (χ0n) is 18.6. The maximum Gasteiger partial charge on any atom is 0.275 e. The van der Waals surface area contributed by atoms with Crippen LogP contribution < -0.4 is 4.74 Å². The van der Waals surface area contributed by atoms with E-state index in [4.69, 9.17) is 4.74 Å². The summed E-state index contributed by atoms with van der Waals surface area (Å²) in [5.41, 5.74) is 2.66. The first-order valence-electron chi connectivity index (χ1n) is 10.7. The molecule has 0 atom stereocenters. The number of H-pyrrole nitrogens is 1. The number of thioether (sulfide) groups is 1. The summed E-state index contributed by atoms with van der Waals surface area (Å²) in [4.78, 5) is 15.3. The number of carbonyl (C=O) groups excluding carboxylic acids is 1. The first-order valence-corrected chi connectivity index (χ1v) is 11.6. The van der Waals surface area contributed by atoms with Crippen molar-refractivity contribution >= 4 is 34.3 Å². The molecule has 1 amide bonds. The Morgan fingerprint density at radius 1 is 1.03 bits per heavy atom. The third-order valence-electron chi connectivity index (χ3n) is 5.24. The van der Waals surface area contributed by atoms with E-state index in [-0.39, 0.29) is 17.3 Å². The zero-order chi connectivity index (χ0) is 24.2. The van der Waals surface area contributed by atoms with Gasteiger partial charge in [0.2, 0.25) is 5.88 Å². The highest BCUT2D eigenvalue weighted by Crippen LogP contribution is 2.35. The van der Waals surface area contributed by atoms with Crippen LogP contribution >= 0.6 is 11.8 Å². The Morgan fingerprint density at radius 2 is 1.77 bits per heavy atom. The number of nitrogens with one attached hydrogen (secondary N) is 1. The van der Waals surface area contributed by atoms with Crippen LogP contribution in [-0.4, -0.2) is 43.6 Å². The molecular weight excluding hydrogens is 464 g/mol. The molecule has 2 N–H and O–H groups in total. The maximum atomic E-state index is 12.5. The van der Waals surface area contributed by atoms with Crippen LogP contribution in [0.15, 0.2) is 94.2 Å². The van der Waals surface area contributed by atoms with E-state index < -0.39 is 5.91 Å². The number of fused-ring (bicyclic) bond motifs is 1. The van der Waals surface area contributed by atoms with Gasteiger partial charge < -0.3 is 14.8 Å². The molecule has 0 bridgehead atoms. The molecule has 9 nitrogen and oxygen atoms in total. The number of benzene rings is 3. The van der Waals surface area contributed by atoms with Gasteiger partial charge in [-0.1, -0.05) is 48.2 Å². The number of aromatic nitrogens is 4.